The summed E-state index contributed by atoms with van der Waals surface area (Å²) in [6.07, 6.45) is 2.78. The van der Waals surface area contributed by atoms with Crippen LogP contribution < -0.4 is 0 Å². The van der Waals surface area contributed by atoms with E-state index in [1.165, 1.54) is 18.2 Å². The minimum absolute atomic E-state index is 0.132. The molecular weight excluding hydrogens is 314 g/mol. The SMILES string of the molecule is Cc1occc1-c1nnc(SCC(=O)N2C[C@H](C)C[C@@H](C)C2)o1. The molecule has 1 aliphatic rings. The smallest absolute Gasteiger partial charge is 0.277 e. The summed E-state index contributed by atoms with van der Waals surface area (Å²) in [6.45, 7) is 7.91. The van der Waals surface area contributed by atoms with Crippen LogP contribution in [0, 0.1) is 18.8 Å². The number of rotatable bonds is 4. The molecule has 2 atom stereocenters. The largest absolute Gasteiger partial charge is 0.469 e. The van der Waals surface area contributed by atoms with Crippen molar-refractivity contribution >= 4 is 17.7 Å². The average molecular weight is 335 g/mol. The summed E-state index contributed by atoms with van der Waals surface area (Å²) >= 11 is 1.29. The van der Waals surface area contributed by atoms with Crippen LogP contribution in [0.5, 0.6) is 0 Å². The second-order valence-electron chi connectivity index (χ2n) is 6.30. The molecule has 7 heteroatoms. The number of nitrogens with zero attached hydrogens (tertiary/aromatic N) is 3. The second-order valence-corrected chi connectivity index (χ2v) is 7.22. The third-order valence-electron chi connectivity index (χ3n) is 4.04. The summed E-state index contributed by atoms with van der Waals surface area (Å²) in [5.74, 6) is 2.74. The molecule has 0 N–H and O–H groups in total. The predicted molar refractivity (Wildman–Crippen MR) is 87.0 cm³/mol. The van der Waals surface area contributed by atoms with Crippen molar-refractivity contribution < 1.29 is 13.6 Å². The van der Waals surface area contributed by atoms with E-state index in [9.17, 15) is 4.79 Å². The van der Waals surface area contributed by atoms with Gasteiger partial charge in [-0.05, 0) is 31.2 Å². The van der Waals surface area contributed by atoms with E-state index in [0.717, 1.165) is 24.4 Å². The topological polar surface area (TPSA) is 72.4 Å². The highest BCUT2D eigenvalue weighted by atomic mass is 32.2. The molecule has 1 amide bonds. The van der Waals surface area contributed by atoms with Crippen LogP contribution in [-0.4, -0.2) is 39.8 Å². The van der Waals surface area contributed by atoms with Crippen molar-refractivity contribution in [1.82, 2.24) is 15.1 Å². The molecule has 0 aliphatic carbocycles. The first kappa shape index (κ1) is 16.1. The van der Waals surface area contributed by atoms with Gasteiger partial charge >= 0.3 is 0 Å². The van der Waals surface area contributed by atoms with Crippen LogP contribution in [0.15, 0.2) is 26.4 Å². The molecular formula is C16H21N3O3S. The van der Waals surface area contributed by atoms with E-state index < -0.39 is 0 Å². The summed E-state index contributed by atoms with van der Waals surface area (Å²) in [7, 11) is 0. The van der Waals surface area contributed by atoms with Gasteiger partial charge in [-0.3, -0.25) is 4.79 Å². The van der Waals surface area contributed by atoms with E-state index in [1.54, 1.807) is 12.3 Å². The molecule has 0 aromatic carbocycles. The number of piperidine rings is 1. The summed E-state index contributed by atoms with van der Waals surface area (Å²) in [5, 5.41) is 8.42. The lowest BCUT2D eigenvalue weighted by atomic mass is 9.92. The van der Waals surface area contributed by atoms with Gasteiger partial charge in [-0.25, -0.2) is 0 Å². The number of aryl methyl sites for hydroxylation is 1. The summed E-state index contributed by atoms with van der Waals surface area (Å²) in [6, 6.07) is 1.79. The zero-order valence-corrected chi connectivity index (χ0v) is 14.4. The third-order valence-corrected chi connectivity index (χ3v) is 4.84. The molecule has 0 unspecified atom stereocenters. The highest BCUT2D eigenvalue weighted by Gasteiger charge is 2.25. The van der Waals surface area contributed by atoms with Gasteiger partial charge in [0.25, 0.3) is 11.1 Å². The van der Waals surface area contributed by atoms with Crippen LogP contribution in [-0.2, 0) is 4.79 Å². The van der Waals surface area contributed by atoms with E-state index >= 15 is 0 Å². The second kappa shape index (κ2) is 6.78. The highest BCUT2D eigenvalue weighted by molar-refractivity contribution is 7.99. The van der Waals surface area contributed by atoms with Gasteiger partial charge in [0.2, 0.25) is 5.91 Å². The molecule has 0 spiro atoms. The number of carbonyl (C=O) groups excluding carboxylic acids is 1. The van der Waals surface area contributed by atoms with Gasteiger partial charge in [0.1, 0.15) is 5.76 Å². The number of hydrogen-bond acceptors (Lipinski definition) is 6. The Morgan fingerprint density at radius 3 is 2.74 bits per heavy atom. The van der Waals surface area contributed by atoms with Crippen molar-refractivity contribution in [2.45, 2.75) is 32.4 Å². The zero-order chi connectivity index (χ0) is 16.4. The van der Waals surface area contributed by atoms with Gasteiger partial charge in [-0.2, -0.15) is 0 Å². The Morgan fingerprint density at radius 2 is 2.09 bits per heavy atom. The zero-order valence-electron chi connectivity index (χ0n) is 13.6. The van der Waals surface area contributed by atoms with Gasteiger partial charge in [0.15, 0.2) is 0 Å². The molecule has 2 aromatic heterocycles. The van der Waals surface area contributed by atoms with Gasteiger partial charge in [-0.1, -0.05) is 25.6 Å². The van der Waals surface area contributed by atoms with Gasteiger partial charge < -0.3 is 13.7 Å². The monoisotopic (exact) mass is 335 g/mol. The normalized spacial score (nSPS) is 21.6. The Morgan fingerprint density at radius 1 is 1.35 bits per heavy atom. The lowest BCUT2D eigenvalue weighted by molar-refractivity contribution is -0.130. The van der Waals surface area contributed by atoms with Crippen LogP contribution in [0.1, 0.15) is 26.0 Å². The molecule has 6 nitrogen and oxygen atoms in total. The average Bonchev–Trinajstić information content (AvgIpc) is 3.12. The van der Waals surface area contributed by atoms with Crippen molar-refractivity contribution in [3.8, 4) is 11.5 Å². The molecule has 0 bridgehead atoms. The Bertz CT molecular complexity index is 672. The van der Waals surface area contributed by atoms with E-state index in [-0.39, 0.29) is 5.91 Å². The van der Waals surface area contributed by atoms with Crippen molar-refractivity contribution in [3.05, 3.63) is 18.1 Å². The maximum Gasteiger partial charge on any atom is 0.277 e. The standard InChI is InChI=1S/C16H21N3O3S/c1-10-6-11(2)8-19(7-10)14(20)9-23-16-18-17-15(22-16)13-4-5-21-12(13)3/h4-5,10-11H,6-9H2,1-3H3/t10-,11-/m1/s1. The van der Waals surface area contributed by atoms with Crippen LogP contribution in [0.2, 0.25) is 0 Å². The van der Waals surface area contributed by atoms with Gasteiger partial charge in [0, 0.05) is 13.1 Å². The van der Waals surface area contributed by atoms with Crippen LogP contribution >= 0.6 is 11.8 Å². The third kappa shape index (κ3) is 3.77. The van der Waals surface area contributed by atoms with Crippen molar-refractivity contribution in [2.24, 2.45) is 11.8 Å². The van der Waals surface area contributed by atoms with E-state index in [1.807, 2.05) is 11.8 Å². The van der Waals surface area contributed by atoms with Gasteiger partial charge in [0.05, 0.1) is 17.6 Å². The summed E-state index contributed by atoms with van der Waals surface area (Å²) < 4.78 is 10.8. The fourth-order valence-electron chi connectivity index (χ4n) is 3.07. The number of thioether (sulfide) groups is 1. The molecule has 0 radical (unpaired) electrons. The Kier molecular flexibility index (Phi) is 4.75. The molecule has 3 rings (SSSR count). The lowest BCUT2D eigenvalue weighted by Gasteiger charge is -2.34. The summed E-state index contributed by atoms with van der Waals surface area (Å²) in [4.78, 5) is 14.3. The molecule has 2 aromatic rings. The number of hydrogen-bond donors (Lipinski definition) is 0. The fraction of sp³-hybridized carbons (Fsp3) is 0.562. The highest BCUT2D eigenvalue weighted by Crippen LogP contribution is 2.27. The first-order chi connectivity index (χ1) is 11.0. The maximum atomic E-state index is 12.4. The molecule has 1 saturated heterocycles. The molecule has 0 saturated carbocycles. The van der Waals surface area contributed by atoms with E-state index in [0.29, 0.717) is 28.7 Å². The van der Waals surface area contributed by atoms with Crippen LogP contribution in [0.25, 0.3) is 11.5 Å². The first-order valence-corrected chi connectivity index (χ1v) is 8.80. The number of furan rings is 1. The molecule has 1 aliphatic heterocycles. The number of likely N-dealkylation sites (tertiary alicyclic amines) is 1. The minimum atomic E-state index is 0.132. The summed E-state index contributed by atoms with van der Waals surface area (Å²) in [5.41, 5.74) is 0.786. The van der Waals surface area contributed by atoms with E-state index in [4.69, 9.17) is 8.83 Å². The molecule has 3 heterocycles. The Labute approximate surface area is 139 Å². The predicted octanol–water partition coefficient (Wildman–Crippen LogP) is 3.23. The van der Waals surface area contributed by atoms with E-state index in [2.05, 4.69) is 24.0 Å². The quantitative estimate of drug-likeness (QED) is 0.799. The molecule has 1 fully saturated rings. The van der Waals surface area contributed by atoms with Crippen molar-refractivity contribution in [2.75, 3.05) is 18.8 Å². The maximum absolute atomic E-state index is 12.4. The van der Waals surface area contributed by atoms with Gasteiger partial charge in [-0.15, -0.1) is 10.2 Å². The Hall–Kier alpha value is -1.76. The number of aromatic nitrogens is 2. The first-order valence-electron chi connectivity index (χ1n) is 7.81. The van der Waals surface area contributed by atoms with Crippen molar-refractivity contribution in [1.29, 1.82) is 0 Å². The minimum Gasteiger partial charge on any atom is -0.469 e. The fourth-order valence-corrected chi connectivity index (χ4v) is 3.73. The van der Waals surface area contributed by atoms with Crippen LogP contribution in [0.4, 0.5) is 0 Å². The lowest BCUT2D eigenvalue weighted by Crippen LogP contribution is -2.43. The van der Waals surface area contributed by atoms with Crippen LogP contribution in [0.3, 0.4) is 0 Å². The molecule has 124 valence electrons. The number of amides is 1. The number of carbonyl (C=O) groups is 1. The molecule has 23 heavy (non-hydrogen) atoms. The van der Waals surface area contributed by atoms with Crippen molar-refractivity contribution in [3.63, 3.8) is 0 Å². The Balaban J connectivity index is 1.57.